The second kappa shape index (κ2) is 6.00. The molecule has 0 unspecified atom stereocenters. The van der Waals surface area contributed by atoms with Gasteiger partial charge in [-0.05, 0) is 25.1 Å². The van der Waals surface area contributed by atoms with Crippen LogP contribution in [0.5, 0.6) is 0 Å². The third-order valence-electron chi connectivity index (χ3n) is 3.02. The van der Waals surface area contributed by atoms with E-state index in [0.29, 0.717) is 0 Å². The normalized spacial score (nSPS) is 10.1. The number of aromatic nitrogens is 2. The summed E-state index contributed by atoms with van der Waals surface area (Å²) < 4.78 is 2.24. The van der Waals surface area contributed by atoms with E-state index in [9.17, 15) is 0 Å². The summed E-state index contributed by atoms with van der Waals surface area (Å²) in [6, 6.07) is 14.0. The first-order valence-corrected chi connectivity index (χ1v) is 6.32. The van der Waals surface area contributed by atoms with Crippen molar-refractivity contribution in [1.29, 1.82) is 0 Å². The zero-order valence-corrected chi connectivity index (χ0v) is 11.4. The Bertz CT molecular complexity index is 801. The highest BCUT2D eigenvalue weighted by Crippen LogP contribution is 2.16. The standard InChI is InChI=1S/C14H13N3.NO3/c1-2-17-13-6-4-3-5-11(13)16-12-8-7-10(15)9-14(12)17;2-1(3)4/h3-9,15H,2H2,1H3;/q;-1/p+1. The molecule has 0 spiro atoms. The first kappa shape index (κ1) is 14.4. The Kier molecular flexibility index (Phi) is 4.13. The Hall–Kier alpha value is -2.96. The van der Waals surface area contributed by atoms with Crippen LogP contribution < -0.4 is 10.3 Å². The van der Waals surface area contributed by atoms with Crippen LogP contribution in [0.2, 0.25) is 0 Å². The minimum Gasteiger partial charge on any atom is -0.399 e. The van der Waals surface area contributed by atoms with Crippen LogP contribution in [0.4, 0.5) is 5.69 Å². The number of nitrogens with zero attached hydrogens (tertiary/aromatic N) is 3. The van der Waals surface area contributed by atoms with Gasteiger partial charge < -0.3 is 21.1 Å². The summed E-state index contributed by atoms with van der Waals surface area (Å²) in [5.74, 6) is 0. The minimum absolute atomic E-state index is 0.775. The molecule has 1 aromatic heterocycles. The van der Waals surface area contributed by atoms with E-state index in [-0.39, 0.29) is 0 Å². The number of nitrogens with two attached hydrogens (primary N) is 1. The van der Waals surface area contributed by atoms with Gasteiger partial charge in [-0.15, -0.1) is 0 Å². The highest BCUT2D eigenvalue weighted by Gasteiger charge is 2.14. The van der Waals surface area contributed by atoms with E-state index in [1.54, 1.807) is 0 Å². The Morgan fingerprint density at radius 1 is 1.14 bits per heavy atom. The van der Waals surface area contributed by atoms with Crippen LogP contribution in [0.15, 0.2) is 42.5 Å². The van der Waals surface area contributed by atoms with Crippen molar-refractivity contribution in [3.63, 3.8) is 0 Å². The second-order valence-electron chi connectivity index (χ2n) is 4.32. The first-order valence-electron chi connectivity index (χ1n) is 6.32. The molecule has 7 heteroatoms. The lowest BCUT2D eigenvalue weighted by Crippen LogP contribution is -2.34. The third kappa shape index (κ3) is 3.14. The van der Waals surface area contributed by atoms with Crippen LogP contribution in [0.1, 0.15) is 6.92 Å². The van der Waals surface area contributed by atoms with Crippen molar-refractivity contribution in [3.8, 4) is 0 Å². The molecule has 0 atom stereocenters. The molecule has 0 saturated carbocycles. The van der Waals surface area contributed by atoms with Gasteiger partial charge in [-0.1, -0.05) is 12.1 Å². The van der Waals surface area contributed by atoms with E-state index in [4.69, 9.17) is 21.1 Å². The lowest BCUT2D eigenvalue weighted by Gasteiger charge is -2.03. The highest BCUT2D eigenvalue weighted by atomic mass is 16.9. The van der Waals surface area contributed by atoms with Crippen molar-refractivity contribution in [1.82, 2.24) is 4.98 Å². The average molecular weight is 286 g/mol. The number of fused-ring (bicyclic) bond motifs is 2. The topological polar surface area (TPSA) is 109 Å². The molecule has 0 aliphatic rings. The maximum absolute atomic E-state index is 8.25. The second-order valence-corrected chi connectivity index (χ2v) is 4.32. The van der Waals surface area contributed by atoms with Gasteiger partial charge in [0.15, 0.2) is 0 Å². The molecule has 0 saturated heterocycles. The quantitative estimate of drug-likeness (QED) is 0.242. The number of rotatable bonds is 1. The number of benzene rings is 2. The van der Waals surface area contributed by atoms with E-state index in [2.05, 4.69) is 22.5 Å². The maximum Gasteiger partial charge on any atom is 0.233 e. The van der Waals surface area contributed by atoms with Gasteiger partial charge in [0.1, 0.15) is 17.6 Å². The van der Waals surface area contributed by atoms with Gasteiger partial charge in [-0.2, -0.15) is 4.57 Å². The molecule has 108 valence electrons. The summed E-state index contributed by atoms with van der Waals surface area (Å²) in [5, 5.41) is 14.8. The number of para-hydroxylation sites is 2. The Labute approximate surface area is 120 Å². The molecule has 0 radical (unpaired) electrons. The molecule has 0 aliphatic carbocycles. The van der Waals surface area contributed by atoms with Crippen molar-refractivity contribution in [2.24, 2.45) is 0 Å². The van der Waals surface area contributed by atoms with Gasteiger partial charge in [0.2, 0.25) is 11.0 Å². The van der Waals surface area contributed by atoms with E-state index >= 15 is 0 Å². The Morgan fingerprint density at radius 2 is 1.76 bits per heavy atom. The molecule has 1 heterocycles. The Morgan fingerprint density at radius 3 is 2.43 bits per heavy atom. The molecular weight excluding hydrogens is 272 g/mol. The zero-order valence-electron chi connectivity index (χ0n) is 11.4. The number of hydrogen-bond donors (Lipinski definition) is 1. The smallest absolute Gasteiger partial charge is 0.233 e. The van der Waals surface area contributed by atoms with Gasteiger partial charge >= 0.3 is 0 Å². The van der Waals surface area contributed by atoms with Gasteiger partial charge in [-0.3, -0.25) is 0 Å². The molecule has 3 rings (SSSR count). The van der Waals surface area contributed by atoms with E-state index < -0.39 is 5.09 Å². The molecule has 0 fully saturated rings. The van der Waals surface area contributed by atoms with Crippen LogP contribution >= 0.6 is 0 Å². The van der Waals surface area contributed by atoms with Crippen molar-refractivity contribution in [2.45, 2.75) is 13.5 Å². The van der Waals surface area contributed by atoms with Crippen LogP contribution in [0.25, 0.3) is 22.1 Å². The van der Waals surface area contributed by atoms with Crippen molar-refractivity contribution in [2.75, 3.05) is 5.73 Å². The third-order valence-corrected chi connectivity index (χ3v) is 3.02. The highest BCUT2D eigenvalue weighted by molar-refractivity contribution is 5.83. The molecule has 3 aromatic rings. The number of hydrogen-bond acceptors (Lipinski definition) is 5. The van der Waals surface area contributed by atoms with Crippen LogP contribution in [0, 0.1) is 15.3 Å². The number of aryl methyl sites for hydroxylation is 1. The summed E-state index contributed by atoms with van der Waals surface area (Å²) in [4.78, 5) is 12.9. The van der Waals surface area contributed by atoms with E-state index in [1.807, 2.05) is 36.4 Å². The van der Waals surface area contributed by atoms with E-state index in [0.717, 1.165) is 34.3 Å². The van der Waals surface area contributed by atoms with Crippen LogP contribution in [-0.2, 0) is 6.54 Å². The SMILES string of the molecule is CC[n+]1c2ccccc2nc2ccc(N)cc21.O=[N+]([O-])[O-]. The molecule has 0 amide bonds. The molecular formula is C14H14N4O3. The fourth-order valence-electron chi connectivity index (χ4n) is 2.24. The van der Waals surface area contributed by atoms with Crippen molar-refractivity contribution < 1.29 is 9.65 Å². The molecule has 2 N–H and O–H groups in total. The molecule has 2 aromatic carbocycles. The summed E-state index contributed by atoms with van der Waals surface area (Å²) in [7, 11) is 0. The van der Waals surface area contributed by atoms with E-state index in [1.165, 1.54) is 0 Å². The fraction of sp³-hybridized carbons (Fsp3) is 0.143. The lowest BCUT2D eigenvalue weighted by atomic mass is 10.2. The number of anilines is 1. The van der Waals surface area contributed by atoms with Gasteiger partial charge in [0.05, 0.1) is 5.09 Å². The fourth-order valence-corrected chi connectivity index (χ4v) is 2.24. The largest absolute Gasteiger partial charge is 0.399 e. The van der Waals surface area contributed by atoms with Crippen LogP contribution in [0.3, 0.4) is 0 Å². The average Bonchev–Trinajstić information content (AvgIpc) is 2.44. The summed E-state index contributed by atoms with van der Waals surface area (Å²) in [5.41, 5.74) is 10.9. The molecule has 0 bridgehead atoms. The molecule has 7 nitrogen and oxygen atoms in total. The minimum atomic E-state index is -1.75. The van der Waals surface area contributed by atoms with Gasteiger partial charge in [0.25, 0.3) is 0 Å². The monoisotopic (exact) mass is 286 g/mol. The van der Waals surface area contributed by atoms with Crippen LogP contribution in [-0.4, -0.2) is 10.1 Å². The van der Waals surface area contributed by atoms with Crippen molar-refractivity contribution >= 4 is 27.8 Å². The van der Waals surface area contributed by atoms with Gasteiger partial charge in [-0.25, -0.2) is 4.98 Å². The van der Waals surface area contributed by atoms with Crippen molar-refractivity contribution in [3.05, 3.63) is 57.8 Å². The Balaban J connectivity index is 0.000000361. The zero-order chi connectivity index (χ0) is 15.4. The lowest BCUT2D eigenvalue weighted by molar-refractivity contribution is -0.641. The predicted octanol–water partition coefficient (Wildman–Crippen LogP) is 2.04. The van der Waals surface area contributed by atoms with Gasteiger partial charge in [0, 0.05) is 17.8 Å². The summed E-state index contributed by atoms with van der Waals surface area (Å²) in [6.07, 6.45) is 0. The predicted molar refractivity (Wildman–Crippen MR) is 79.9 cm³/mol. The summed E-state index contributed by atoms with van der Waals surface area (Å²) in [6.45, 7) is 3.04. The molecule has 0 aliphatic heterocycles. The summed E-state index contributed by atoms with van der Waals surface area (Å²) >= 11 is 0. The molecule has 21 heavy (non-hydrogen) atoms. The first-order chi connectivity index (χ1) is 10.0. The number of nitrogen functional groups attached to an aromatic ring is 1. The maximum atomic E-state index is 8.25.